The fraction of sp³-hybridized carbons (Fsp3) is 0.375. The molecule has 0 bridgehead atoms. The van der Waals surface area contributed by atoms with Crippen molar-refractivity contribution in [1.29, 1.82) is 0 Å². The van der Waals surface area contributed by atoms with E-state index in [2.05, 4.69) is 52.1 Å². The van der Waals surface area contributed by atoms with Crippen molar-refractivity contribution in [2.24, 2.45) is 0 Å². The lowest BCUT2D eigenvalue weighted by Gasteiger charge is -2.17. The predicted octanol–water partition coefficient (Wildman–Crippen LogP) is 3.45. The van der Waals surface area contributed by atoms with Gasteiger partial charge < -0.3 is 5.32 Å². The van der Waals surface area contributed by atoms with E-state index >= 15 is 0 Å². The molecule has 5 heteroatoms. The van der Waals surface area contributed by atoms with Gasteiger partial charge in [0.15, 0.2) is 0 Å². The average molecular weight is 397 g/mol. The zero-order valence-corrected chi connectivity index (χ0v) is 14.5. The van der Waals surface area contributed by atoms with Gasteiger partial charge in [0.05, 0.1) is 15.8 Å². The van der Waals surface area contributed by atoms with Gasteiger partial charge in [-0.05, 0) is 41.5 Å². The van der Waals surface area contributed by atoms with E-state index in [4.69, 9.17) is 0 Å². The van der Waals surface area contributed by atoms with Crippen molar-refractivity contribution in [3.05, 3.63) is 51.4 Å². The Hall–Kier alpha value is -1.37. The molecule has 1 N–H and O–H groups in total. The molecule has 0 spiro atoms. The molecule has 0 saturated carbocycles. The third kappa shape index (κ3) is 4.30. The standard InChI is InChI=1S/C16H20IN3O/c1-3-15(13-7-5-4-6-8-13)19-16(21)9-10-20-12(2)14(17)11-18-20/h4-8,11,15H,3,9-10H2,1-2H3,(H,19,21). The van der Waals surface area contributed by atoms with Gasteiger partial charge >= 0.3 is 0 Å². The van der Waals surface area contributed by atoms with Gasteiger partial charge in [-0.25, -0.2) is 0 Å². The molecule has 1 amide bonds. The van der Waals surface area contributed by atoms with Gasteiger partial charge in [0.25, 0.3) is 0 Å². The predicted molar refractivity (Wildman–Crippen MR) is 91.9 cm³/mol. The van der Waals surface area contributed by atoms with E-state index in [1.807, 2.05) is 36.0 Å². The third-order valence-electron chi connectivity index (χ3n) is 3.54. The second-order valence-corrected chi connectivity index (χ2v) is 6.15. The summed E-state index contributed by atoms with van der Waals surface area (Å²) in [5, 5.41) is 7.37. The highest BCUT2D eigenvalue weighted by molar-refractivity contribution is 14.1. The SMILES string of the molecule is CCC(NC(=O)CCn1ncc(I)c1C)c1ccccc1. The first-order valence-electron chi connectivity index (χ1n) is 7.14. The average Bonchev–Trinajstić information content (AvgIpc) is 2.83. The van der Waals surface area contributed by atoms with E-state index in [1.54, 1.807) is 0 Å². The monoisotopic (exact) mass is 397 g/mol. The van der Waals surface area contributed by atoms with Crippen molar-refractivity contribution >= 4 is 28.5 Å². The molecule has 1 aromatic heterocycles. The van der Waals surface area contributed by atoms with Gasteiger partial charge in [0.1, 0.15) is 0 Å². The van der Waals surface area contributed by atoms with Crippen LogP contribution in [0.3, 0.4) is 0 Å². The van der Waals surface area contributed by atoms with Crippen molar-refractivity contribution < 1.29 is 4.79 Å². The Kier molecular flexibility index (Phi) is 5.78. The molecule has 2 aromatic rings. The number of rotatable bonds is 6. The van der Waals surface area contributed by atoms with E-state index in [-0.39, 0.29) is 11.9 Å². The molecule has 1 unspecified atom stereocenters. The van der Waals surface area contributed by atoms with E-state index in [9.17, 15) is 4.79 Å². The van der Waals surface area contributed by atoms with Gasteiger partial charge in [0, 0.05) is 18.7 Å². The Morgan fingerprint density at radius 1 is 1.38 bits per heavy atom. The molecular formula is C16H20IN3O. The summed E-state index contributed by atoms with van der Waals surface area (Å²) in [5.74, 6) is 0.0654. The van der Waals surface area contributed by atoms with Gasteiger partial charge in [-0.2, -0.15) is 5.10 Å². The van der Waals surface area contributed by atoms with Crippen LogP contribution >= 0.6 is 22.6 Å². The number of nitrogens with zero attached hydrogens (tertiary/aromatic N) is 2. The number of nitrogens with one attached hydrogen (secondary N) is 1. The van der Waals surface area contributed by atoms with E-state index in [1.165, 1.54) is 0 Å². The molecule has 0 saturated heterocycles. The molecule has 2 rings (SSSR count). The van der Waals surface area contributed by atoms with Crippen molar-refractivity contribution in [3.63, 3.8) is 0 Å². The van der Waals surface area contributed by atoms with E-state index in [0.29, 0.717) is 13.0 Å². The van der Waals surface area contributed by atoms with E-state index in [0.717, 1.165) is 21.2 Å². The molecule has 0 fully saturated rings. The molecule has 1 heterocycles. The minimum absolute atomic E-state index is 0.0654. The van der Waals surface area contributed by atoms with Crippen molar-refractivity contribution in [2.75, 3.05) is 0 Å². The molecule has 0 radical (unpaired) electrons. The fourth-order valence-corrected chi connectivity index (χ4v) is 2.63. The molecule has 1 atom stereocenters. The maximum atomic E-state index is 12.1. The number of hydrogen-bond acceptors (Lipinski definition) is 2. The lowest BCUT2D eigenvalue weighted by atomic mass is 10.0. The summed E-state index contributed by atoms with van der Waals surface area (Å²) in [5.41, 5.74) is 2.26. The van der Waals surface area contributed by atoms with Gasteiger partial charge in [0.2, 0.25) is 5.91 Å². The van der Waals surface area contributed by atoms with Crippen LogP contribution in [0.15, 0.2) is 36.5 Å². The highest BCUT2D eigenvalue weighted by Gasteiger charge is 2.13. The first-order valence-corrected chi connectivity index (χ1v) is 8.22. The minimum Gasteiger partial charge on any atom is -0.349 e. The summed E-state index contributed by atoms with van der Waals surface area (Å²) in [6, 6.07) is 10.2. The first-order chi connectivity index (χ1) is 10.1. The van der Waals surface area contributed by atoms with Crippen LogP contribution in [0.4, 0.5) is 0 Å². The van der Waals surface area contributed by atoms with Crippen molar-refractivity contribution in [3.8, 4) is 0 Å². The Bertz CT molecular complexity index is 595. The second-order valence-electron chi connectivity index (χ2n) is 4.99. The Labute approximate surface area is 139 Å². The number of carbonyl (C=O) groups excluding carboxylic acids is 1. The lowest BCUT2D eigenvalue weighted by molar-refractivity contribution is -0.122. The molecule has 21 heavy (non-hydrogen) atoms. The summed E-state index contributed by atoms with van der Waals surface area (Å²) >= 11 is 2.25. The summed E-state index contributed by atoms with van der Waals surface area (Å²) in [6.45, 7) is 4.72. The van der Waals surface area contributed by atoms with Crippen molar-refractivity contribution in [2.45, 2.75) is 39.3 Å². The lowest BCUT2D eigenvalue weighted by Crippen LogP contribution is -2.29. The highest BCUT2D eigenvalue weighted by atomic mass is 127. The fourth-order valence-electron chi connectivity index (χ4n) is 2.23. The first kappa shape index (κ1) is 16.0. The number of aromatic nitrogens is 2. The molecule has 1 aromatic carbocycles. The third-order valence-corrected chi connectivity index (χ3v) is 4.60. The summed E-state index contributed by atoms with van der Waals surface area (Å²) in [7, 11) is 0. The molecule has 0 aliphatic rings. The van der Waals surface area contributed by atoms with Crippen LogP contribution in [0.25, 0.3) is 0 Å². The van der Waals surface area contributed by atoms with Gasteiger partial charge in [-0.1, -0.05) is 37.3 Å². The van der Waals surface area contributed by atoms with Crippen LogP contribution in [0.1, 0.15) is 37.1 Å². The van der Waals surface area contributed by atoms with E-state index < -0.39 is 0 Å². The zero-order chi connectivity index (χ0) is 15.2. The van der Waals surface area contributed by atoms with Crippen LogP contribution in [-0.2, 0) is 11.3 Å². The number of amides is 1. The molecule has 0 aliphatic carbocycles. The molecule has 112 valence electrons. The second kappa shape index (κ2) is 7.59. The van der Waals surface area contributed by atoms with Crippen LogP contribution in [0.2, 0.25) is 0 Å². The maximum absolute atomic E-state index is 12.1. The van der Waals surface area contributed by atoms with Gasteiger partial charge in [-0.15, -0.1) is 0 Å². The molecular weight excluding hydrogens is 377 g/mol. The highest BCUT2D eigenvalue weighted by Crippen LogP contribution is 2.16. The van der Waals surface area contributed by atoms with Crippen LogP contribution in [0.5, 0.6) is 0 Å². The van der Waals surface area contributed by atoms with Gasteiger partial charge in [-0.3, -0.25) is 9.48 Å². The number of benzene rings is 1. The Balaban J connectivity index is 1.90. The number of aryl methyl sites for hydroxylation is 1. The summed E-state index contributed by atoms with van der Waals surface area (Å²) in [6.07, 6.45) is 3.16. The Morgan fingerprint density at radius 3 is 2.67 bits per heavy atom. The minimum atomic E-state index is 0.0654. The zero-order valence-electron chi connectivity index (χ0n) is 12.3. The summed E-state index contributed by atoms with van der Waals surface area (Å²) in [4.78, 5) is 12.1. The van der Waals surface area contributed by atoms with Crippen LogP contribution in [-0.4, -0.2) is 15.7 Å². The van der Waals surface area contributed by atoms with Crippen LogP contribution in [0, 0.1) is 10.5 Å². The Morgan fingerprint density at radius 2 is 2.10 bits per heavy atom. The number of hydrogen-bond donors (Lipinski definition) is 1. The summed E-state index contributed by atoms with van der Waals surface area (Å²) < 4.78 is 3.01. The smallest absolute Gasteiger partial charge is 0.222 e. The number of halogens is 1. The molecule has 4 nitrogen and oxygen atoms in total. The van der Waals surface area contributed by atoms with Crippen molar-refractivity contribution in [1.82, 2.24) is 15.1 Å². The number of carbonyl (C=O) groups is 1. The molecule has 0 aliphatic heterocycles. The quantitative estimate of drug-likeness (QED) is 0.760. The maximum Gasteiger partial charge on any atom is 0.222 e. The topological polar surface area (TPSA) is 46.9 Å². The largest absolute Gasteiger partial charge is 0.349 e. The van der Waals surface area contributed by atoms with Crippen LogP contribution < -0.4 is 5.32 Å². The normalized spacial score (nSPS) is 12.1.